The molecule has 16 heavy (non-hydrogen) atoms. The lowest BCUT2D eigenvalue weighted by molar-refractivity contribution is 0.0507. The summed E-state index contributed by atoms with van der Waals surface area (Å²) in [5, 5.41) is -0.514. The van der Waals surface area contributed by atoms with E-state index in [1.807, 2.05) is 0 Å². The maximum Gasteiger partial charge on any atom is 0.357 e. The van der Waals surface area contributed by atoms with Crippen molar-refractivity contribution in [3.8, 4) is 0 Å². The predicted octanol–water partition coefficient (Wildman–Crippen LogP) is 3.50. The molecule has 0 N–H and O–H groups in total. The fourth-order valence-electron chi connectivity index (χ4n) is 1.04. The molecule has 88 valence electrons. The SMILES string of the molecule is CCOC(=O)c1ncc(Cl)c(Cl)c1C(F)F. The van der Waals surface area contributed by atoms with Gasteiger partial charge in [0.1, 0.15) is 0 Å². The van der Waals surface area contributed by atoms with Gasteiger partial charge in [-0.1, -0.05) is 23.2 Å². The molecule has 0 aliphatic heterocycles. The van der Waals surface area contributed by atoms with Gasteiger partial charge in [-0.3, -0.25) is 0 Å². The van der Waals surface area contributed by atoms with Crippen molar-refractivity contribution in [1.29, 1.82) is 0 Å². The van der Waals surface area contributed by atoms with E-state index in [4.69, 9.17) is 23.2 Å². The maximum absolute atomic E-state index is 12.7. The minimum Gasteiger partial charge on any atom is -0.461 e. The van der Waals surface area contributed by atoms with Gasteiger partial charge in [0.2, 0.25) is 0 Å². The third kappa shape index (κ3) is 2.59. The molecule has 1 aromatic heterocycles. The first-order chi connectivity index (χ1) is 7.49. The number of carbonyl (C=O) groups is 1. The van der Waals surface area contributed by atoms with Crippen LogP contribution >= 0.6 is 23.2 Å². The van der Waals surface area contributed by atoms with Gasteiger partial charge >= 0.3 is 5.97 Å². The second-order valence-electron chi connectivity index (χ2n) is 2.70. The zero-order chi connectivity index (χ0) is 12.3. The van der Waals surface area contributed by atoms with Gasteiger partial charge in [0, 0.05) is 6.20 Å². The van der Waals surface area contributed by atoms with Crippen molar-refractivity contribution in [1.82, 2.24) is 4.98 Å². The van der Waals surface area contributed by atoms with Gasteiger partial charge in [0.05, 0.1) is 22.2 Å². The number of pyridine rings is 1. The molecule has 0 aromatic carbocycles. The van der Waals surface area contributed by atoms with Crippen molar-refractivity contribution in [2.75, 3.05) is 6.61 Å². The number of carbonyl (C=O) groups excluding carboxylic acids is 1. The van der Waals surface area contributed by atoms with Crippen LogP contribution in [0.3, 0.4) is 0 Å². The van der Waals surface area contributed by atoms with E-state index in [-0.39, 0.29) is 16.7 Å². The molecule has 1 rings (SSSR count). The van der Waals surface area contributed by atoms with Gasteiger partial charge in [0.15, 0.2) is 5.69 Å². The number of aromatic nitrogens is 1. The van der Waals surface area contributed by atoms with Crippen molar-refractivity contribution >= 4 is 29.2 Å². The van der Waals surface area contributed by atoms with Crippen LogP contribution in [0.25, 0.3) is 0 Å². The van der Waals surface area contributed by atoms with E-state index in [0.717, 1.165) is 6.20 Å². The molecule has 3 nitrogen and oxygen atoms in total. The standard InChI is InChI=1S/C9H7Cl2F2NO2/c1-2-16-9(15)7-5(8(12)13)6(11)4(10)3-14-7/h3,8H,2H2,1H3. The Hall–Kier alpha value is -0.940. The number of alkyl halides is 2. The van der Waals surface area contributed by atoms with Gasteiger partial charge in [-0.15, -0.1) is 0 Å². The Morgan fingerprint density at radius 3 is 2.69 bits per heavy atom. The first-order valence-corrected chi connectivity index (χ1v) is 5.03. The Morgan fingerprint density at radius 2 is 2.19 bits per heavy atom. The molecule has 0 radical (unpaired) electrons. The third-order valence-corrected chi connectivity index (χ3v) is 2.49. The van der Waals surface area contributed by atoms with Crippen LogP contribution in [0.2, 0.25) is 10.0 Å². The molecule has 1 aromatic rings. The second kappa shape index (κ2) is 5.41. The molecule has 0 saturated heterocycles. The summed E-state index contributed by atoms with van der Waals surface area (Å²) < 4.78 is 29.9. The number of halogens is 4. The Balaban J connectivity index is 3.28. The highest BCUT2D eigenvalue weighted by Gasteiger charge is 2.25. The normalized spacial score (nSPS) is 10.6. The van der Waals surface area contributed by atoms with Crippen LogP contribution < -0.4 is 0 Å². The van der Waals surface area contributed by atoms with E-state index in [1.165, 1.54) is 0 Å². The van der Waals surface area contributed by atoms with Gasteiger partial charge in [-0.25, -0.2) is 18.6 Å². The van der Waals surface area contributed by atoms with Crippen molar-refractivity contribution in [3.05, 3.63) is 27.5 Å². The lowest BCUT2D eigenvalue weighted by Gasteiger charge is -2.09. The molecule has 1 heterocycles. The summed E-state index contributed by atoms with van der Waals surface area (Å²) >= 11 is 11.1. The van der Waals surface area contributed by atoms with Gasteiger partial charge in [-0.05, 0) is 6.92 Å². The summed E-state index contributed by atoms with van der Waals surface area (Å²) in [5.41, 5.74) is -1.21. The van der Waals surface area contributed by atoms with Crippen LogP contribution in [-0.4, -0.2) is 17.6 Å². The zero-order valence-corrected chi connectivity index (χ0v) is 9.65. The van der Waals surface area contributed by atoms with Crippen molar-refractivity contribution in [2.45, 2.75) is 13.3 Å². The van der Waals surface area contributed by atoms with Crippen molar-refractivity contribution < 1.29 is 18.3 Å². The second-order valence-corrected chi connectivity index (χ2v) is 3.49. The van der Waals surface area contributed by atoms with Crippen molar-refractivity contribution in [2.24, 2.45) is 0 Å². The molecule has 0 aliphatic rings. The molecule has 0 spiro atoms. The highest BCUT2D eigenvalue weighted by Crippen LogP contribution is 2.34. The summed E-state index contributed by atoms with van der Waals surface area (Å²) in [6.45, 7) is 1.61. The van der Waals surface area contributed by atoms with Crippen molar-refractivity contribution in [3.63, 3.8) is 0 Å². The summed E-state index contributed by atoms with van der Waals surface area (Å²) in [7, 11) is 0. The fraction of sp³-hybridized carbons (Fsp3) is 0.333. The number of rotatable bonds is 3. The lowest BCUT2D eigenvalue weighted by atomic mass is 10.2. The molecular formula is C9H7Cl2F2NO2. The van der Waals surface area contributed by atoms with E-state index in [1.54, 1.807) is 6.92 Å². The van der Waals surface area contributed by atoms with Crippen LogP contribution in [-0.2, 0) is 4.74 Å². The Labute approximate surface area is 100 Å². The van der Waals surface area contributed by atoms with E-state index >= 15 is 0 Å². The summed E-state index contributed by atoms with van der Waals surface area (Å²) in [6.07, 6.45) is -1.92. The zero-order valence-electron chi connectivity index (χ0n) is 8.14. The minimum atomic E-state index is -2.95. The number of nitrogens with zero attached hydrogens (tertiary/aromatic N) is 1. The molecule has 7 heteroatoms. The Kier molecular flexibility index (Phi) is 4.44. The quantitative estimate of drug-likeness (QED) is 0.789. The molecular weight excluding hydrogens is 263 g/mol. The van der Waals surface area contributed by atoms with Gasteiger partial charge in [-0.2, -0.15) is 0 Å². The maximum atomic E-state index is 12.7. The average Bonchev–Trinajstić information content (AvgIpc) is 2.21. The van der Waals surface area contributed by atoms with E-state index in [9.17, 15) is 13.6 Å². The number of ether oxygens (including phenoxy) is 1. The summed E-state index contributed by atoms with van der Waals surface area (Å²) in [4.78, 5) is 14.8. The molecule has 0 amide bonds. The highest BCUT2D eigenvalue weighted by molar-refractivity contribution is 6.42. The molecule has 0 saturated carbocycles. The molecule has 0 unspecified atom stereocenters. The fourth-order valence-corrected chi connectivity index (χ4v) is 1.41. The van der Waals surface area contributed by atoms with E-state index in [0.29, 0.717) is 0 Å². The molecule has 0 atom stereocenters. The van der Waals surface area contributed by atoms with Crippen LogP contribution in [0.15, 0.2) is 6.20 Å². The third-order valence-electron chi connectivity index (χ3n) is 1.70. The predicted molar refractivity (Wildman–Crippen MR) is 55.2 cm³/mol. The minimum absolute atomic E-state index is 0.0590. The summed E-state index contributed by atoms with van der Waals surface area (Å²) in [5.74, 6) is -0.948. The van der Waals surface area contributed by atoms with Crippen LogP contribution in [0, 0.1) is 0 Å². The first-order valence-electron chi connectivity index (χ1n) is 4.28. The first kappa shape index (κ1) is 13.1. The Morgan fingerprint density at radius 1 is 1.56 bits per heavy atom. The van der Waals surface area contributed by atoms with Crippen LogP contribution in [0.4, 0.5) is 8.78 Å². The summed E-state index contributed by atoms with van der Waals surface area (Å²) in [6, 6.07) is 0. The number of esters is 1. The highest BCUT2D eigenvalue weighted by atomic mass is 35.5. The van der Waals surface area contributed by atoms with E-state index in [2.05, 4.69) is 9.72 Å². The van der Waals surface area contributed by atoms with E-state index < -0.39 is 23.7 Å². The average molecular weight is 270 g/mol. The van der Waals surface area contributed by atoms with Crippen LogP contribution in [0.1, 0.15) is 29.4 Å². The van der Waals surface area contributed by atoms with Gasteiger partial charge < -0.3 is 4.74 Å². The monoisotopic (exact) mass is 269 g/mol. The number of hydrogen-bond acceptors (Lipinski definition) is 3. The lowest BCUT2D eigenvalue weighted by Crippen LogP contribution is -2.11. The van der Waals surface area contributed by atoms with Crippen LogP contribution in [0.5, 0.6) is 0 Å². The molecule has 0 fully saturated rings. The number of hydrogen-bond donors (Lipinski definition) is 0. The van der Waals surface area contributed by atoms with Gasteiger partial charge in [0.25, 0.3) is 6.43 Å². The molecule has 0 aliphatic carbocycles. The topological polar surface area (TPSA) is 39.2 Å². The smallest absolute Gasteiger partial charge is 0.357 e. The Bertz CT molecular complexity index is 413. The molecule has 0 bridgehead atoms. The largest absolute Gasteiger partial charge is 0.461 e.